The second-order valence-corrected chi connectivity index (χ2v) is 4.37. The van der Waals surface area contributed by atoms with Gasteiger partial charge >= 0.3 is 5.69 Å². The SMILES string of the molecule is O=c1[nH]c(=O)n(C2CC(CO)C(O)C2O)cc1F. The van der Waals surface area contributed by atoms with E-state index in [9.17, 15) is 24.2 Å². The van der Waals surface area contributed by atoms with Crippen LogP contribution in [0.5, 0.6) is 0 Å². The summed E-state index contributed by atoms with van der Waals surface area (Å²) in [6, 6.07) is -0.879. The fourth-order valence-electron chi connectivity index (χ4n) is 2.26. The number of hydrogen-bond acceptors (Lipinski definition) is 5. The second kappa shape index (κ2) is 4.63. The van der Waals surface area contributed by atoms with E-state index >= 15 is 0 Å². The molecule has 8 heteroatoms. The van der Waals surface area contributed by atoms with Crippen molar-refractivity contribution in [3.8, 4) is 0 Å². The van der Waals surface area contributed by atoms with Crippen molar-refractivity contribution in [2.24, 2.45) is 5.92 Å². The van der Waals surface area contributed by atoms with Crippen LogP contribution in [0.25, 0.3) is 0 Å². The van der Waals surface area contributed by atoms with Gasteiger partial charge in [-0.25, -0.2) is 4.79 Å². The summed E-state index contributed by atoms with van der Waals surface area (Å²) in [4.78, 5) is 24.2. The number of aliphatic hydroxyl groups is 3. The molecule has 0 amide bonds. The summed E-state index contributed by atoms with van der Waals surface area (Å²) in [7, 11) is 0. The maximum atomic E-state index is 13.1. The molecule has 18 heavy (non-hydrogen) atoms. The third-order valence-corrected chi connectivity index (χ3v) is 3.29. The van der Waals surface area contributed by atoms with E-state index in [2.05, 4.69) is 0 Å². The number of nitrogens with one attached hydrogen (secondary N) is 1. The van der Waals surface area contributed by atoms with Gasteiger partial charge in [0.05, 0.1) is 18.3 Å². The molecule has 1 aromatic rings. The smallest absolute Gasteiger partial charge is 0.328 e. The van der Waals surface area contributed by atoms with Gasteiger partial charge in [-0.15, -0.1) is 0 Å². The molecular formula is C10H13FN2O5. The van der Waals surface area contributed by atoms with Gasteiger partial charge < -0.3 is 15.3 Å². The predicted octanol–water partition coefficient (Wildman–Crippen LogP) is -2.05. The summed E-state index contributed by atoms with van der Waals surface area (Å²) >= 11 is 0. The van der Waals surface area contributed by atoms with Crippen LogP contribution in [0.2, 0.25) is 0 Å². The summed E-state index contributed by atoms with van der Waals surface area (Å²) in [5.74, 6) is -1.74. The minimum absolute atomic E-state index is 0.115. The first-order valence-electron chi connectivity index (χ1n) is 5.43. The molecule has 0 bridgehead atoms. The van der Waals surface area contributed by atoms with Gasteiger partial charge in [0, 0.05) is 12.5 Å². The van der Waals surface area contributed by atoms with E-state index in [0.717, 1.165) is 4.57 Å². The Morgan fingerprint density at radius 2 is 2.06 bits per heavy atom. The molecule has 2 rings (SSSR count). The van der Waals surface area contributed by atoms with Crippen LogP contribution in [0.1, 0.15) is 12.5 Å². The predicted molar refractivity (Wildman–Crippen MR) is 57.5 cm³/mol. The van der Waals surface area contributed by atoms with Crippen molar-refractivity contribution < 1.29 is 19.7 Å². The standard InChI is InChI=1S/C10H13FN2O5/c11-5-2-13(10(18)12-9(5)17)6-1-4(3-14)7(15)8(6)16/h2,4,6-8,14-16H,1,3H2,(H,12,17,18). The molecule has 100 valence electrons. The lowest BCUT2D eigenvalue weighted by Crippen LogP contribution is -2.38. The summed E-state index contributed by atoms with van der Waals surface area (Å²) in [6.07, 6.45) is -1.68. The van der Waals surface area contributed by atoms with Gasteiger partial charge in [-0.1, -0.05) is 0 Å². The lowest BCUT2D eigenvalue weighted by Gasteiger charge is -2.18. The number of aromatic amines is 1. The molecule has 0 aromatic carbocycles. The van der Waals surface area contributed by atoms with Gasteiger partial charge in [0.15, 0.2) is 0 Å². The Hall–Kier alpha value is -1.51. The van der Waals surface area contributed by atoms with Crippen molar-refractivity contribution in [1.29, 1.82) is 0 Å². The van der Waals surface area contributed by atoms with Gasteiger partial charge in [0.1, 0.15) is 6.10 Å². The average Bonchev–Trinajstić information content (AvgIpc) is 2.61. The first kappa shape index (κ1) is 12.9. The summed E-state index contributed by atoms with van der Waals surface area (Å²) < 4.78 is 14.0. The van der Waals surface area contributed by atoms with Crippen molar-refractivity contribution in [2.45, 2.75) is 24.7 Å². The van der Waals surface area contributed by atoms with E-state index in [0.29, 0.717) is 6.20 Å². The molecule has 1 heterocycles. The minimum Gasteiger partial charge on any atom is -0.396 e. The maximum Gasteiger partial charge on any atom is 0.328 e. The molecule has 1 saturated carbocycles. The molecule has 4 N–H and O–H groups in total. The van der Waals surface area contributed by atoms with Gasteiger partial charge in [-0.05, 0) is 6.42 Å². The van der Waals surface area contributed by atoms with Crippen molar-refractivity contribution in [1.82, 2.24) is 9.55 Å². The van der Waals surface area contributed by atoms with E-state index in [-0.39, 0.29) is 13.0 Å². The Bertz CT molecular complexity index is 554. The Morgan fingerprint density at radius 3 is 2.61 bits per heavy atom. The van der Waals surface area contributed by atoms with Crippen LogP contribution in [0.4, 0.5) is 4.39 Å². The minimum atomic E-state index is -1.30. The number of nitrogens with zero attached hydrogens (tertiary/aromatic N) is 1. The van der Waals surface area contributed by atoms with E-state index < -0.39 is 41.2 Å². The van der Waals surface area contributed by atoms with E-state index in [1.54, 1.807) is 4.98 Å². The fraction of sp³-hybridized carbons (Fsp3) is 0.600. The fourth-order valence-corrected chi connectivity index (χ4v) is 2.26. The molecule has 0 saturated heterocycles. The van der Waals surface area contributed by atoms with Crippen LogP contribution >= 0.6 is 0 Å². The molecule has 0 radical (unpaired) electrons. The zero-order chi connectivity index (χ0) is 13.4. The lowest BCUT2D eigenvalue weighted by atomic mass is 10.1. The third kappa shape index (κ3) is 1.98. The molecule has 0 spiro atoms. The van der Waals surface area contributed by atoms with Crippen molar-refractivity contribution >= 4 is 0 Å². The summed E-state index contributed by atoms with van der Waals surface area (Å²) in [5, 5.41) is 28.4. The number of rotatable bonds is 2. The van der Waals surface area contributed by atoms with Crippen LogP contribution in [-0.2, 0) is 0 Å². The first-order chi connectivity index (χ1) is 8.45. The van der Waals surface area contributed by atoms with E-state index in [4.69, 9.17) is 5.11 Å². The Labute approximate surface area is 100 Å². The van der Waals surface area contributed by atoms with Gasteiger partial charge in [0.2, 0.25) is 5.82 Å². The summed E-state index contributed by atoms with van der Waals surface area (Å²) in [5.41, 5.74) is -2.00. The molecule has 1 aromatic heterocycles. The Morgan fingerprint density at radius 1 is 1.39 bits per heavy atom. The van der Waals surface area contributed by atoms with Crippen LogP contribution in [-0.4, -0.2) is 43.7 Å². The van der Waals surface area contributed by atoms with Crippen LogP contribution < -0.4 is 11.2 Å². The zero-order valence-electron chi connectivity index (χ0n) is 9.28. The molecule has 7 nitrogen and oxygen atoms in total. The normalized spacial score (nSPS) is 31.8. The highest BCUT2D eigenvalue weighted by molar-refractivity contribution is 4.98. The molecule has 4 unspecified atom stereocenters. The van der Waals surface area contributed by atoms with E-state index in [1.165, 1.54) is 0 Å². The highest BCUT2D eigenvalue weighted by Crippen LogP contribution is 2.34. The topological polar surface area (TPSA) is 116 Å². The molecule has 1 aliphatic carbocycles. The summed E-state index contributed by atoms with van der Waals surface area (Å²) in [6.45, 7) is -0.352. The Balaban J connectivity index is 2.42. The van der Waals surface area contributed by atoms with E-state index in [1.807, 2.05) is 0 Å². The first-order valence-corrected chi connectivity index (χ1v) is 5.43. The average molecular weight is 260 g/mol. The highest BCUT2D eigenvalue weighted by Gasteiger charge is 2.42. The van der Waals surface area contributed by atoms with Crippen LogP contribution in [0, 0.1) is 11.7 Å². The largest absolute Gasteiger partial charge is 0.396 e. The number of aromatic nitrogens is 2. The van der Waals surface area contributed by atoms with Gasteiger partial charge in [-0.3, -0.25) is 14.3 Å². The molecular weight excluding hydrogens is 247 g/mol. The maximum absolute atomic E-state index is 13.1. The van der Waals surface area contributed by atoms with Gasteiger partial charge in [0.25, 0.3) is 5.56 Å². The zero-order valence-corrected chi connectivity index (χ0v) is 9.28. The quantitative estimate of drug-likeness (QED) is 0.488. The number of H-pyrrole nitrogens is 1. The number of hydrogen-bond donors (Lipinski definition) is 4. The van der Waals surface area contributed by atoms with Crippen LogP contribution in [0.3, 0.4) is 0 Å². The monoisotopic (exact) mass is 260 g/mol. The van der Waals surface area contributed by atoms with Crippen LogP contribution in [0.15, 0.2) is 15.8 Å². The molecule has 0 aliphatic heterocycles. The molecule has 1 aliphatic rings. The second-order valence-electron chi connectivity index (χ2n) is 4.37. The highest BCUT2D eigenvalue weighted by atomic mass is 19.1. The number of aliphatic hydroxyl groups excluding tert-OH is 3. The van der Waals surface area contributed by atoms with Crippen molar-refractivity contribution in [2.75, 3.05) is 6.61 Å². The third-order valence-electron chi connectivity index (χ3n) is 3.29. The lowest BCUT2D eigenvalue weighted by molar-refractivity contribution is -0.00466. The van der Waals surface area contributed by atoms with Crippen molar-refractivity contribution in [3.63, 3.8) is 0 Å². The number of halogens is 1. The van der Waals surface area contributed by atoms with Crippen molar-refractivity contribution in [3.05, 3.63) is 32.9 Å². The molecule has 1 fully saturated rings. The molecule has 4 atom stereocenters. The van der Waals surface area contributed by atoms with Gasteiger partial charge in [-0.2, -0.15) is 4.39 Å². The Kier molecular flexibility index (Phi) is 3.33.